The average molecular weight is 275 g/mol. The SMILES string of the molecule is C/C=C/C1=CC=C(c2ncc(-c3ccccc3)o2)CC=C1. The van der Waals surface area contributed by atoms with Crippen molar-refractivity contribution in [1.82, 2.24) is 4.98 Å². The van der Waals surface area contributed by atoms with Gasteiger partial charge in [-0.05, 0) is 18.9 Å². The molecular formula is C19H17NO. The zero-order valence-electron chi connectivity index (χ0n) is 12.0. The summed E-state index contributed by atoms with van der Waals surface area (Å²) in [6.07, 6.45) is 15.2. The number of oxazole rings is 1. The quantitative estimate of drug-likeness (QED) is 0.770. The van der Waals surface area contributed by atoms with Crippen molar-refractivity contribution in [1.29, 1.82) is 0 Å². The maximum atomic E-state index is 5.90. The van der Waals surface area contributed by atoms with Gasteiger partial charge >= 0.3 is 0 Å². The van der Waals surface area contributed by atoms with Gasteiger partial charge in [-0.2, -0.15) is 0 Å². The van der Waals surface area contributed by atoms with Gasteiger partial charge in [-0.3, -0.25) is 0 Å². The maximum absolute atomic E-state index is 5.90. The Labute approximate surface area is 124 Å². The smallest absolute Gasteiger partial charge is 0.222 e. The summed E-state index contributed by atoms with van der Waals surface area (Å²) in [6, 6.07) is 10.0. The lowest BCUT2D eigenvalue weighted by molar-refractivity contribution is 0.554. The van der Waals surface area contributed by atoms with Gasteiger partial charge in [0.15, 0.2) is 5.76 Å². The van der Waals surface area contributed by atoms with E-state index in [4.69, 9.17) is 4.42 Å². The lowest BCUT2D eigenvalue weighted by Gasteiger charge is -1.97. The summed E-state index contributed by atoms with van der Waals surface area (Å²) in [5.74, 6) is 1.49. The highest BCUT2D eigenvalue weighted by molar-refractivity contribution is 5.66. The van der Waals surface area contributed by atoms with Crippen molar-refractivity contribution in [3.05, 3.63) is 84.4 Å². The highest BCUT2D eigenvalue weighted by Crippen LogP contribution is 2.26. The molecule has 3 rings (SSSR count). The fourth-order valence-electron chi connectivity index (χ4n) is 2.26. The summed E-state index contributed by atoms with van der Waals surface area (Å²) in [5, 5.41) is 0. The van der Waals surface area contributed by atoms with Gasteiger partial charge in [0.2, 0.25) is 5.89 Å². The minimum atomic E-state index is 0.691. The van der Waals surface area contributed by atoms with E-state index in [1.54, 1.807) is 6.20 Å². The van der Waals surface area contributed by atoms with E-state index in [0.717, 1.165) is 23.3 Å². The molecule has 1 aliphatic rings. The van der Waals surface area contributed by atoms with E-state index < -0.39 is 0 Å². The maximum Gasteiger partial charge on any atom is 0.222 e. The van der Waals surface area contributed by atoms with E-state index in [1.807, 2.05) is 43.3 Å². The molecule has 0 radical (unpaired) electrons. The van der Waals surface area contributed by atoms with Crippen LogP contribution in [0.25, 0.3) is 16.9 Å². The van der Waals surface area contributed by atoms with Crippen LogP contribution in [0.1, 0.15) is 19.2 Å². The molecule has 0 N–H and O–H groups in total. The summed E-state index contributed by atoms with van der Waals surface area (Å²) in [4.78, 5) is 4.41. The Balaban J connectivity index is 1.89. The van der Waals surface area contributed by atoms with E-state index in [0.29, 0.717) is 5.89 Å². The predicted molar refractivity (Wildman–Crippen MR) is 86.6 cm³/mol. The van der Waals surface area contributed by atoms with Crippen LogP contribution in [0.2, 0.25) is 0 Å². The van der Waals surface area contributed by atoms with Gasteiger partial charge < -0.3 is 4.42 Å². The van der Waals surface area contributed by atoms with Crippen molar-refractivity contribution >= 4 is 5.57 Å². The molecule has 0 spiro atoms. The zero-order valence-corrected chi connectivity index (χ0v) is 12.0. The van der Waals surface area contributed by atoms with Crippen LogP contribution in [-0.4, -0.2) is 4.98 Å². The predicted octanol–water partition coefficient (Wildman–Crippen LogP) is 5.19. The summed E-state index contributed by atoms with van der Waals surface area (Å²) in [7, 11) is 0. The highest BCUT2D eigenvalue weighted by atomic mass is 16.4. The molecule has 0 saturated carbocycles. The van der Waals surface area contributed by atoms with Gasteiger partial charge in [0.25, 0.3) is 0 Å². The minimum Gasteiger partial charge on any atom is -0.436 e. The molecule has 104 valence electrons. The molecule has 0 fully saturated rings. The first-order valence-corrected chi connectivity index (χ1v) is 7.08. The van der Waals surface area contributed by atoms with E-state index in [9.17, 15) is 0 Å². The van der Waals surface area contributed by atoms with Gasteiger partial charge in [-0.1, -0.05) is 66.8 Å². The molecule has 0 aliphatic heterocycles. The van der Waals surface area contributed by atoms with Gasteiger partial charge in [-0.15, -0.1) is 0 Å². The molecule has 1 aromatic heterocycles. The highest BCUT2D eigenvalue weighted by Gasteiger charge is 2.10. The lowest BCUT2D eigenvalue weighted by atomic mass is 10.2. The number of hydrogen-bond acceptors (Lipinski definition) is 2. The molecule has 21 heavy (non-hydrogen) atoms. The Morgan fingerprint density at radius 1 is 1.14 bits per heavy atom. The molecule has 2 heteroatoms. The average Bonchev–Trinajstić information content (AvgIpc) is 2.90. The van der Waals surface area contributed by atoms with E-state index in [1.165, 1.54) is 5.57 Å². The molecule has 1 heterocycles. The molecule has 2 aromatic rings. The number of allylic oxidation sites excluding steroid dienone is 8. The number of rotatable bonds is 3. The van der Waals surface area contributed by atoms with Crippen LogP contribution in [0.4, 0.5) is 0 Å². The molecule has 0 atom stereocenters. The molecule has 2 nitrogen and oxygen atoms in total. The normalized spacial score (nSPS) is 14.9. The standard InChI is InChI=1S/C19H17NO/c1-2-7-15-8-6-11-17(13-12-15)19-20-14-18(21-19)16-9-4-3-5-10-16/h2-10,12-14H,11H2,1H3/b7-2+. The van der Waals surface area contributed by atoms with Gasteiger partial charge in [0, 0.05) is 11.1 Å². The Morgan fingerprint density at radius 3 is 2.81 bits per heavy atom. The third-order valence-corrected chi connectivity index (χ3v) is 3.32. The second-order valence-corrected chi connectivity index (χ2v) is 4.86. The monoisotopic (exact) mass is 275 g/mol. The van der Waals surface area contributed by atoms with Gasteiger partial charge in [0.05, 0.1) is 6.20 Å². The first-order chi connectivity index (χ1) is 10.4. The number of benzene rings is 1. The Morgan fingerprint density at radius 2 is 2.00 bits per heavy atom. The van der Waals surface area contributed by atoms with Crippen molar-refractivity contribution in [3.63, 3.8) is 0 Å². The van der Waals surface area contributed by atoms with Crippen molar-refractivity contribution in [2.24, 2.45) is 0 Å². The molecule has 0 bridgehead atoms. The summed E-state index contributed by atoms with van der Waals surface area (Å²) in [5.41, 5.74) is 3.32. The summed E-state index contributed by atoms with van der Waals surface area (Å²) >= 11 is 0. The van der Waals surface area contributed by atoms with Crippen LogP contribution in [0.5, 0.6) is 0 Å². The van der Waals surface area contributed by atoms with Crippen molar-refractivity contribution in [2.75, 3.05) is 0 Å². The molecule has 0 amide bonds. The first-order valence-electron chi connectivity index (χ1n) is 7.08. The molecule has 0 saturated heterocycles. The van der Waals surface area contributed by atoms with Crippen LogP contribution >= 0.6 is 0 Å². The first kappa shape index (κ1) is 13.4. The van der Waals surface area contributed by atoms with Crippen LogP contribution in [-0.2, 0) is 0 Å². The third kappa shape index (κ3) is 3.11. The van der Waals surface area contributed by atoms with Gasteiger partial charge in [-0.25, -0.2) is 4.98 Å². The fourth-order valence-corrected chi connectivity index (χ4v) is 2.26. The third-order valence-electron chi connectivity index (χ3n) is 3.32. The van der Waals surface area contributed by atoms with Gasteiger partial charge in [0.1, 0.15) is 0 Å². The van der Waals surface area contributed by atoms with E-state index in [-0.39, 0.29) is 0 Å². The molecule has 1 aromatic carbocycles. The second-order valence-electron chi connectivity index (χ2n) is 4.86. The summed E-state index contributed by atoms with van der Waals surface area (Å²) in [6.45, 7) is 2.02. The van der Waals surface area contributed by atoms with Crippen LogP contribution in [0.15, 0.2) is 83.0 Å². The fraction of sp³-hybridized carbons (Fsp3) is 0.105. The van der Waals surface area contributed by atoms with E-state index in [2.05, 4.69) is 35.4 Å². The van der Waals surface area contributed by atoms with Crippen LogP contribution < -0.4 is 0 Å². The van der Waals surface area contributed by atoms with Crippen molar-refractivity contribution in [3.8, 4) is 11.3 Å². The van der Waals surface area contributed by atoms with Crippen molar-refractivity contribution in [2.45, 2.75) is 13.3 Å². The molecular weight excluding hydrogens is 258 g/mol. The number of nitrogens with zero attached hydrogens (tertiary/aromatic N) is 1. The lowest BCUT2D eigenvalue weighted by Crippen LogP contribution is -1.81. The van der Waals surface area contributed by atoms with E-state index >= 15 is 0 Å². The molecule has 0 unspecified atom stereocenters. The zero-order chi connectivity index (χ0) is 14.5. The topological polar surface area (TPSA) is 26.0 Å². The van der Waals surface area contributed by atoms with Crippen molar-refractivity contribution < 1.29 is 4.42 Å². The Bertz CT molecular complexity index is 730. The summed E-state index contributed by atoms with van der Waals surface area (Å²) < 4.78 is 5.90. The largest absolute Gasteiger partial charge is 0.436 e. The Kier molecular flexibility index (Phi) is 3.97. The minimum absolute atomic E-state index is 0.691. The number of hydrogen-bond donors (Lipinski definition) is 0. The number of aromatic nitrogens is 1. The Hall–Kier alpha value is -2.61. The van der Waals surface area contributed by atoms with Crippen LogP contribution in [0.3, 0.4) is 0 Å². The molecule has 1 aliphatic carbocycles. The van der Waals surface area contributed by atoms with Crippen LogP contribution in [0, 0.1) is 0 Å². The second kappa shape index (κ2) is 6.23.